The Morgan fingerprint density at radius 3 is 2.09 bits per heavy atom. The molecule has 0 spiro atoms. The average molecular weight is 320 g/mol. The van der Waals surface area contributed by atoms with Gasteiger partial charge in [-0.25, -0.2) is 0 Å². The molecule has 2 aromatic carbocycles. The lowest BCUT2D eigenvalue weighted by atomic mass is 10.1. The Hall–Kier alpha value is -1.61. The molecule has 0 bridgehead atoms. The second kappa shape index (κ2) is 8.14. The van der Waals surface area contributed by atoms with E-state index in [2.05, 4.69) is 0 Å². The lowest BCUT2D eigenvalue weighted by Crippen LogP contribution is -2.06. The first-order valence-electron chi connectivity index (χ1n) is 7.34. The topological polar surface area (TPSA) is 44.8 Å². The summed E-state index contributed by atoms with van der Waals surface area (Å²) in [4.78, 5) is 0. The second-order valence-electron chi connectivity index (χ2n) is 4.58. The van der Waals surface area contributed by atoms with E-state index in [-0.39, 0.29) is 6.35 Å². The van der Waals surface area contributed by atoms with Crippen LogP contribution in [0.25, 0.3) is 11.1 Å². The highest BCUT2D eigenvalue weighted by molar-refractivity contribution is 7.53. The van der Waals surface area contributed by atoms with Crippen molar-refractivity contribution in [3.63, 3.8) is 0 Å². The molecule has 2 aromatic rings. The van der Waals surface area contributed by atoms with Gasteiger partial charge in [0, 0.05) is 5.56 Å². The summed E-state index contributed by atoms with van der Waals surface area (Å²) < 4.78 is 28.7. The number of hydrogen-bond donors (Lipinski definition) is 0. The lowest BCUT2D eigenvalue weighted by molar-refractivity contribution is 0.197. The van der Waals surface area contributed by atoms with Crippen LogP contribution in [0.3, 0.4) is 0 Å². The largest absolute Gasteiger partial charge is 0.480 e. The van der Waals surface area contributed by atoms with Gasteiger partial charge in [-0.15, -0.1) is 0 Å². The minimum atomic E-state index is -3.22. The molecule has 118 valence electrons. The fourth-order valence-electron chi connectivity index (χ4n) is 2.10. The highest BCUT2D eigenvalue weighted by Gasteiger charge is 2.25. The van der Waals surface area contributed by atoms with E-state index in [1.165, 1.54) is 0 Å². The van der Waals surface area contributed by atoms with Crippen LogP contribution < -0.4 is 4.74 Å². The molecule has 0 N–H and O–H groups in total. The molecule has 0 unspecified atom stereocenters. The third-order valence-corrected chi connectivity index (χ3v) is 4.75. The van der Waals surface area contributed by atoms with Crippen LogP contribution in [0, 0.1) is 0 Å². The van der Waals surface area contributed by atoms with Crippen LogP contribution in [0.2, 0.25) is 0 Å². The van der Waals surface area contributed by atoms with Crippen molar-refractivity contribution in [2.75, 3.05) is 19.6 Å². The van der Waals surface area contributed by atoms with E-state index >= 15 is 0 Å². The Labute approximate surface area is 131 Å². The number of para-hydroxylation sites is 1. The third-order valence-electron chi connectivity index (χ3n) is 3.00. The summed E-state index contributed by atoms with van der Waals surface area (Å²) in [6.07, 6.45) is -0.0987. The molecule has 2 rings (SSSR count). The van der Waals surface area contributed by atoms with Crippen molar-refractivity contribution in [3.05, 3.63) is 54.6 Å². The van der Waals surface area contributed by atoms with E-state index in [9.17, 15) is 4.57 Å². The van der Waals surface area contributed by atoms with Crippen LogP contribution in [0.5, 0.6) is 5.75 Å². The van der Waals surface area contributed by atoms with Crippen LogP contribution in [-0.4, -0.2) is 19.6 Å². The predicted molar refractivity (Wildman–Crippen MR) is 88.2 cm³/mol. The molecule has 0 aliphatic rings. The highest BCUT2D eigenvalue weighted by Crippen LogP contribution is 2.48. The van der Waals surface area contributed by atoms with Crippen molar-refractivity contribution in [1.82, 2.24) is 0 Å². The molecule has 5 heteroatoms. The first-order valence-corrected chi connectivity index (χ1v) is 9.06. The molecule has 0 amide bonds. The lowest BCUT2D eigenvalue weighted by Gasteiger charge is -2.18. The van der Waals surface area contributed by atoms with Crippen LogP contribution in [-0.2, 0) is 13.6 Å². The van der Waals surface area contributed by atoms with Gasteiger partial charge in [-0.1, -0.05) is 48.5 Å². The summed E-state index contributed by atoms with van der Waals surface area (Å²) in [5.74, 6) is 0.660. The molecule has 0 saturated carbocycles. The molecule has 0 heterocycles. The van der Waals surface area contributed by atoms with Gasteiger partial charge < -0.3 is 13.8 Å². The molecule has 0 atom stereocenters. The monoisotopic (exact) mass is 320 g/mol. The average Bonchev–Trinajstić information content (AvgIpc) is 2.55. The van der Waals surface area contributed by atoms with Gasteiger partial charge in [0.2, 0.25) is 0 Å². The van der Waals surface area contributed by atoms with Crippen LogP contribution >= 0.6 is 7.60 Å². The van der Waals surface area contributed by atoms with E-state index in [4.69, 9.17) is 13.8 Å². The van der Waals surface area contributed by atoms with Crippen molar-refractivity contribution in [3.8, 4) is 16.9 Å². The quantitative estimate of drug-likeness (QED) is 0.645. The molecular formula is C17H21O4P. The fraction of sp³-hybridized carbons (Fsp3) is 0.294. The van der Waals surface area contributed by atoms with E-state index in [0.29, 0.717) is 19.0 Å². The van der Waals surface area contributed by atoms with E-state index in [1.807, 2.05) is 54.6 Å². The van der Waals surface area contributed by atoms with Gasteiger partial charge in [-0.2, -0.15) is 0 Å². The first-order chi connectivity index (χ1) is 10.7. The Kier molecular flexibility index (Phi) is 6.20. The van der Waals surface area contributed by atoms with Gasteiger partial charge in [0.15, 0.2) is 6.35 Å². The SMILES string of the molecule is CCOP(=O)(COc1ccccc1-c1ccccc1)OCC. The number of rotatable bonds is 8. The van der Waals surface area contributed by atoms with Crippen molar-refractivity contribution in [2.24, 2.45) is 0 Å². The molecule has 4 nitrogen and oxygen atoms in total. The molecule has 0 aromatic heterocycles. The van der Waals surface area contributed by atoms with Crippen LogP contribution in [0.15, 0.2) is 54.6 Å². The Balaban J connectivity index is 2.18. The molecule has 0 fully saturated rings. The van der Waals surface area contributed by atoms with Gasteiger partial charge in [0.05, 0.1) is 13.2 Å². The maximum absolute atomic E-state index is 12.5. The fourth-order valence-corrected chi connectivity index (χ4v) is 3.41. The Morgan fingerprint density at radius 2 is 1.45 bits per heavy atom. The minimum absolute atomic E-state index is 0.0987. The Morgan fingerprint density at radius 1 is 0.864 bits per heavy atom. The normalized spacial score (nSPS) is 11.4. The molecule has 0 aliphatic carbocycles. The van der Waals surface area contributed by atoms with Crippen LogP contribution in [0.4, 0.5) is 0 Å². The zero-order chi connectivity index (χ0) is 15.8. The second-order valence-corrected chi connectivity index (χ2v) is 6.58. The zero-order valence-corrected chi connectivity index (χ0v) is 13.8. The van der Waals surface area contributed by atoms with Gasteiger partial charge in [-0.3, -0.25) is 4.57 Å². The molecular weight excluding hydrogens is 299 g/mol. The minimum Gasteiger partial charge on any atom is -0.480 e. The predicted octanol–water partition coefficient (Wildman–Crippen LogP) is 4.96. The van der Waals surface area contributed by atoms with E-state index in [0.717, 1.165) is 11.1 Å². The van der Waals surface area contributed by atoms with Gasteiger partial charge >= 0.3 is 7.60 Å². The molecule has 22 heavy (non-hydrogen) atoms. The zero-order valence-electron chi connectivity index (χ0n) is 12.9. The summed E-state index contributed by atoms with van der Waals surface area (Å²) >= 11 is 0. The third kappa shape index (κ3) is 4.44. The van der Waals surface area contributed by atoms with Crippen molar-refractivity contribution >= 4 is 7.60 Å². The van der Waals surface area contributed by atoms with E-state index < -0.39 is 7.60 Å². The van der Waals surface area contributed by atoms with E-state index in [1.54, 1.807) is 13.8 Å². The summed E-state index contributed by atoms with van der Waals surface area (Å²) in [5, 5.41) is 0. The maximum atomic E-state index is 12.5. The number of hydrogen-bond acceptors (Lipinski definition) is 4. The number of ether oxygens (including phenoxy) is 1. The summed E-state index contributed by atoms with van der Waals surface area (Å²) in [6.45, 7) is 4.20. The van der Waals surface area contributed by atoms with Crippen molar-refractivity contribution < 1.29 is 18.3 Å². The molecule has 0 radical (unpaired) electrons. The van der Waals surface area contributed by atoms with Crippen molar-refractivity contribution in [1.29, 1.82) is 0 Å². The maximum Gasteiger partial charge on any atom is 0.367 e. The standard InChI is InChI=1S/C17H21O4P/c1-3-20-22(18,21-4-2)14-19-17-13-9-8-12-16(17)15-10-6-5-7-11-15/h5-13H,3-4,14H2,1-2H3. The molecule has 0 saturated heterocycles. The molecule has 0 aliphatic heterocycles. The van der Waals surface area contributed by atoms with Gasteiger partial charge in [0.25, 0.3) is 0 Å². The van der Waals surface area contributed by atoms with Crippen LogP contribution in [0.1, 0.15) is 13.8 Å². The van der Waals surface area contributed by atoms with Gasteiger partial charge in [-0.05, 0) is 25.5 Å². The smallest absolute Gasteiger partial charge is 0.367 e. The number of benzene rings is 2. The summed E-state index contributed by atoms with van der Waals surface area (Å²) in [6, 6.07) is 17.6. The van der Waals surface area contributed by atoms with Gasteiger partial charge in [0.1, 0.15) is 5.75 Å². The van der Waals surface area contributed by atoms with Crippen molar-refractivity contribution in [2.45, 2.75) is 13.8 Å². The summed E-state index contributed by atoms with van der Waals surface area (Å²) in [7, 11) is -3.22. The first kappa shape index (κ1) is 16.8. The Bertz CT molecular complexity index is 618. The highest BCUT2D eigenvalue weighted by atomic mass is 31.2. The summed E-state index contributed by atoms with van der Waals surface area (Å²) in [5.41, 5.74) is 1.99.